The van der Waals surface area contributed by atoms with Crippen molar-refractivity contribution < 1.29 is 13.2 Å². The van der Waals surface area contributed by atoms with Gasteiger partial charge in [-0.15, -0.1) is 0 Å². The predicted molar refractivity (Wildman–Crippen MR) is 130 cm³/mol. The Kier molecular flexibility index (Phi) is 7.50. The maximum absolute atomic E-state index is 13.3. The molecule has 1 aliphatic carbocycles. The van der Waals surface area contributed by atoms with Crippen molar-refractivity contribution in [3.8, 4) is 0 Å². The number of hydrogen-bond donors (Lipinski definition) is 2. The number of halogens is 1. The third kappa shape index (κ3) is 5.41. The Balaban J connectivity index is 1.45. The molecule has 1 aromatic carbocycles. The van der Waals surface area contributed by atoms with E-state index in [1.807, 2.05) is 4.90 Å². The van der Waals surface area contributed by atoms with Crippen LogP contribution in [0.25, 0.3) is 4.95 Å². The number of guanidine groups is 1. The standard InChI is InChI=1S/C22H26ClN7O3S/c1-24-28-22(26-16-5-2-3-6-16)29-11-13-30(14-12-29)34(32,33)17-8-9-19(23)18(15-17)21(31)27-20-7-4-10-25-20/h4,8-10,15-16H,2-3,5-7,11-14H2,(H,26,28)(H,25,27,31). The molecule has 3 aliphatic rings. The minimum absolute atomic E-state index is 0.00103. The van der Waals surface area contributed by atoms with Crippen molar-refractivity contribution in [2.24, 2.45) is 9.98 Å². The van der Waals surface area contributed by atoms with Crippen LogP contribution in [-0.2, 0) is 10.0 Å². The fourth-order valence-electron chi connectivity index (χ4n) is 4.21. The summed E-state index contributed by atoms with van der Waals surface area (Å²) in [6.07, 6.45) is 8.18. The SMILES string of the molecule is [C-]#[N+]NC(=NC1CCCC1)N1CCN(S(=O)(=O)c2ccc(Cl)c(C(=O)NC3=NC=CC3)c2)CC1. The highest BCUT2D eigenvalue weighted by molar-refractivity contribution is 7.89. The molecular formula is C22H26ClN7O3S. The van der Waals surface area contributed by atoms with Crippen LogP contribution in [0.2, 0.25) is 5.02 Å². The summed E-state index contributed by atoms with van der Waals surface area (Å²) in [4.78, 5) is 26.6. The van der Waals surface area contributed by atoms with Crippen molar-refractivity contribution in [3.63, 3.8) is 0 Å². The second-order valence-corrected chi connectivity index (χ2v) is 10.6. The van der Waals surface area contributed by atoms with Crippen LogP contribution >= 0.6 is 11.6 Å². The van der Waals surface area contributed by atoms with Gasteiger partial charge >= 0.3 is 0 Å². The summed E-state index contributed by atoms with van der Waals surface area (Å²) in [6, 6.07) is 4.33. The number of amides is 1. The van der Waals surface area contributed by atoms with Crippen LogP contribution in [0, 0.1) is 6.57 Å². The van der Waals surface area contributed by atoms with E-state index in [9.17, 15) is 13.2 Å². The highest BCUT2D eigenvalue weighted by atomic mass is 35.5. The van der Waals surface area contributed by atoms with Gasteiger partial charge in [-0.25, -0.2) is 18.4 Å². The van der Waals surface area contributed by atoms with E-state index >= 15 is 0 Å². The number of carbonyl (C=O) groups excluding carboxylic acids is 1. The van der Waals surface area contributed by atoms with Gasteiger partial charge in [0.25, 0.3) is 11.9 Å². The van der Waals surface area contributed by atoms with E-state index in [2.05, 4.69) is 20.7 Å². The zero-order chi connectivity index (χ0) is 24.1. The van der Waals surface area contributed by atoms with Gasteiger partial charge in [0.2, 0.25) is 10.0 Å². The molecule has 1 aromatic rings. The van der Waals surface area contributed by atoms with Crippen LogP contribution in [0.4, 0.5) is 0 Å². The van der Waals surface area contributed by atoms with Gasteiger partial charge < -0.3 is 10.2 Å². The van der Waals surface area contributed by atoms with Crippen molar-refractivity contribution >= 4 is 39.3 Å². The third-order valence-electron chi connectivity index (χ3n) is 6.05. The molecule has 2 fully saturated rings. The van der Waals surface area contributed by atoms with Gasteiger partial charge in [-0.1, -0.05) is 35.9 Å². The minimum atomic E-state index is -3.84. The lowest BCUT2D eigenvalue weighted by molar-refractivity contribution is 0.0976. The smallest absolute Gasteiger partial charge is 0.265 e. The van der Waals surface area contributed by atoms with E-state index in [1.165, 1.54) is 22.5 Å². The summed E-state index contributed by atoms with van der Waals surface area (Å²) in [6.45, 7) is 8.44. The van der Waals surface area contributed by atoms with Crippen molar-refractivity contribution in [1.82, 2.24) is 19.9 Å². The quantitative estimate of drug-likeness (QED) is 0.284. The number of hydrogen-bond acceptors (Lipinski definition) is 5. The number of nitrogens with zero attached hydrogens (tertiary/aromatic N) is 5. The van der Waals surface area contributed by atoms with Gasteiger partial charge in [0, 0.05) is 38.8 Å². The number of piperazine rings is 1. The molecule has 2 aliphatic heterocycles. The summed E-state index contributed by atoms with van der Waals surface area (Å²) < 4.78 is 28.0. The Morgan fingerprint density at radius 2 is 1.94 bits per heavy atom. The second kappa shape index (κ2) is 10.5. The molecule has 10 nitrogen and oxygen atoms in total. The Hall–Kier alpha value is -2.94. The maximum atomic E-state index is 13.3. The van der Waals surface area contributed by atoms with Gasteiger partial charge in [0.05, 0.1) is 21.5 Å². The molecule has 1 saturated heterocycles. The molecule has 2 heterocycles. The summed E-state index contributed by atoms with van der Waals surface area (Å²) in [5.74, 6) is 0.481. The summed E-state index contributed by atoms with van der Waals surface area (Å²) in [7, 11) is -3.84. The van der Waals surface area contributed by atoms with E-state index in [4.69, 9.17) is 23.2 Å². The summed E-state index contributed by atoms with van der Waals surface area (Å²) >= 11 is 6.19. The molecule has 0 atom stereocenters. The van der Waals surface area contributed by atoms with Crippen LogP contribution < -0.4 is 10.7 Å². The van der Waals surface area contributed by atoms with E-state index in [-0.39, 0.29) is 34.6 Å². The molecule has 0 spiro atoms. The molecule has 0 bridgehead atoms. The lowest BCUT2D eigenvalue weighted by Gasteiger charge is -2.34. The molecule has 12 heteroatoms. The summed E-state index contributed by atoms with van der Waals surface area (Å²) in [5, 5.41) is 2.82. The normalized spacial score (nSPS) is 19.7. The fraction of sp³-hybridized carbons (Fsp3) is 0.455. The molecule has 0 radical (unpaired) electrons. The molecule has 0 aromatic heterocycles. The first-order valence-corrected chi connectivity index (χ1v) is 13.0. The van der Waals surface area contributed by atoms with E-state index in [0.29, 0.717) is 31.3 Å². The molecular weight excluding hydrogens is 478 g/mol. The van der Waals surface area contributed by atoms with E-state index < -0.39 is 15.9 Å². The topological polar surface area (TPSA) is 111 Å². The highest BCUT2D eigenvalue weighted by Crippen LogP contribution is 2.25. The van der Waals surface area contributed by atoms with Crippen molar-refractivity contribution in [1.29, 1.82) is 0 Å². The van der Waals surface area contributed by atoms with Crippen LogP contribution in [0.15, 0.2) is 45.4 Å². The number of sulfonamides is 1. The maximum Gasteiger partial charge on any atom is 0.265 e. The van der Waals surface area contributed by atoms with Crippen molar-refractivity contribution in [2.45, 2.75) is 43.0 Å². The zero-order valence-corrected chi connectivity index (χ0v) is 20.1. The average Bonchev–Trinajstić information content (AvgIpc) is 3.53. The molecule has 1 amide bonds. The number of amidine groups is 1. The first kappa shape index (κ1) is 24.2. The Morgan fingerprint density at radius 3 is 2.59 bits per heavy atom. The van der Waals surface area contributed by atoms with Gasteiger partial charge in [0.1, 0.15) is 5.84 Å². The molecule has 180 valence electrons. The number of rotatable bonds is 4. The van der Waals surface area contributed by atoms with Crippen LogP contribution in [0.3, 0.4) is 0 Å². The first-order chi connectivity index (χ1) is 16.4. The predicted octanol–water partition coefficient (Wildman–Crippen LogP) is 2.41. The van der Waals surface area contributed by atoms with Crippen LogP contribution in [0.5, 0.6) is 0 Å². The molecule has 4 rings (SSSR count). The minimum Gasteiger partial charge on any atom is -0.335 e. The first-order valence-electron chi connectivity index (χ1n) is 11.2. The second-order valence-electron chi connectivity index (χ2n) is 8.27. The van der Waals surface area contributed by atoms with Gasteiger partial charge in [0.15, 0.2) is 0 Å². The Morgan fingerprint density at radius 1 is 1.21 bits per heavy atom. The van der Waals surface area contributed by atoms with E-state index in [1.54, 1.807) is 12.3 Å². The highest BCUT2D eigenvalue weighted by Gasteiger charge is 2.31. The van der Waals surface area contributed by atoms with Crippen LogP contribution in [0.1, 0.15) is 42.5 Å². The van der Waals surface area contributed by atoms with Crippen LogP contribution in [-0.4, -0.2) is 67.5 Å². The van der Waals surface area contributed by atoms with Crippen molar-refractivity contribution in [2.75, 3.05) is 26.2 Å². The third-order valence-corrected chi connectivity index (χ3v) is 8.27. The van der Waals surface area contributed by atoms with E-state index in [0.717, 1.165) is 25.7 Å². The number of aliphatic imine (C=N–C) groups is 2. The Bertz CT molecular complexity index is 1180. The number of nitrogens with one attached hydrogen (secondary N) is 2. The fourth-order valence-corrected chi connectivity index (χ4v) is 5.86. The van der Waals surface area contributed by atoms with Gasteiger partial charge in [-0.2, -0.15) is 15.8 Å². The Labute approximate surface area is 204 Å². The average molecular weight is 504 g/mol. The number of carbonyl (C=O) groups is 1. The molecule has 2 N–H and O–H groups in total. The molecule has 34 heavy (non-hydrogen) atoms. The molecule has 0 unspecified atom stereocenters. The number of benzene rings is 1. The molecule has 1 saturated carbocycles. The largest absolute Gasteiger partial charge is 0.335 e. The summed E-state index contributed by atoms with van der Waals surface area (Å²) in [5.41, 5.74) is 2.72. The van der Waals surface area contributed by atoms with Gasteiger partial charge in [-0.3, -0.25) is 4.79 Å². The zero-order valence-electron chi connectivity index (χ0n) is 18.6. The van der Waals surface area contributed by atoms with Gasteiger partial charge in [-0.05, 0) is 31.0 Å². The lowest BCUT2D eigenvalue weighted by atomic mass is 10.2. The van der Waals surface area contributed by atoms with Crippen molar-refractivity contribution in [3.05, 3.63) is 52.6 Å². The lowest BCUT2D eigenvalue weighted by Crippen LogP contribution is -2.53. The monoisotopic (exact) mass is 503 g/mol.